The minimum atomic E-state index is -0.162. The first-order valence-corrected chi connectivity index (χ1v) is 4.73. The molecule has 1 rings (SSSR count). The Kier molecular flexibility index (Phi) is 3.77. The standard InChI is InChI=1S/C11H16N2O/c1-11(4-6-12,5-8-14)10-3-2-7-13-9-10/h2-3,6-7,9,12,14H,4-5,8H2,1H3. The van der Waals surface area contributed by atoms with Gasteiger partial charge in [0.05, 0.1) is 0 Å². The Morgan fingerprint density at radius 3 is 2.93 bits per heavy atom. The van der Waals surface area contributed by atoms with Gasteiger partial charge in [-0.15, -0.1) is 0 Å². The van der Waals surface area contributed by atoms with E-state index in [4.69, 9.17) is 10.5 Å². The molecule has 1 heterocycles. The fraction of sp³-hybridized carbons (Fsp3) is 0.455. The summed E-state index contributed by atoms with van der Waals surface area (Å²) in [5, 5.41) is 16.2. The minimum absolute atomic E-state index is 0.138. The summed E-state index contributed by atoms with van der Waals surface area (Å²) in [7, 11) is 0. The molecular weight excluding hydrogens is 176 g/mol. The lowest BCUT2D eigenvalue weighted by molar-refractivity contribution is 0.247. The van der Waals surface area contributed by atoms with Gasteiger partial charge < -0.3 is 10.5 Å². The highest BCUT2D eigenvalue weighted by Crippen LogP contribution is 2.29. The molecule has 3 heteroatoms. The van der Waals surface area contributed by atoms with Crippen LogP contribution in [0.15, 0.2) is 24.5 Å². The molecule has 0 saturated carbocycles. The Balaban J connectivity index is 2.92. The fourth-order valence-corrected chi connectivity index (χ4v) is 1.56. The third-order valence-corrected chi connectivity index (χ3v) is 2.57. The van der Waals surface area contributed by atoms with Gasteiger partial charge in [-0.3, -0.25) is 4.98 Å². The van der Waals surface area contributed by atoms with Crippen molar-refractivity contribution in [2.45, 2.75) is 25.2 Å². The molecule has 0 aliphatic carbocycles. The maximum atomic E-state index is 8.99. The molecule has 0 aliphatic heterocycles. The topological polar surface area (TPSA) is 57.0 Å². The van der Waals surface area contributed by atoms with Crippen molar-refractivity contribution in [1.82, 2.24) is 4.98 Å². The lowest BCUT2D eigenvalue weighted by atomic mass is 9.78. The molecule has 1 aromatic heterocycles. The van der Waals surface area contributed by atoms with Crippen LogP contribution in [-0.4, -0.2) is 22.9 Å². The number of hydrogen-bond acceptors (Lipinski definition) is 3. The monoisotopic (exact) mass is 192 g/mol. The predicted octanol–water partition coefficient (Wildman–Crippen LogP) is 1.76. The van der Waals surface area contributed by atoms with Gasteiger partial charge >= 0.3 is 0 Å². The molecule has 76 valence electrons. The van der Waals surface area contributed by atoms with E-state index in [0.717, 1.165) is 5.56 Å². The number of aliphatic hydroxyl groups excluding tert-OH is 1. The van der Waals surface area contributed by atoms with Crippen LogP contribution in [0.5, 0.6) is 0 Å². The molecule has 3 nitrogen and oxygen atoms in total. The zero-order valence-electron chi connectivity index (χ0n) is 8.40. The maximum absolute atomic E-state index is 8.99. The molecule has 0 radical (unpaired) electrons. The van der Waals surface area contributed by atoms with Crippen LogP contribution in [0, 0.1) is 5.41 Å². The van der Waals surface area contributed by atoms with E-state index >= 15 is 0 Å². The summed E-state index contributed by atoms with van der Waals surface area (Å²) in [6.45, 7) is 2.19. The van der Waals surface area contributed by atoms with E-state index in [-0.39, 0.29) is 12.0 Å². The normalized spacial score (nSPS) is 14.7. The van der Waals surface area contributed by atoms with E-state index in [9.17, 15) is 0 Å². The quantitative estimate of drug-likeness (QED) is 0.698. The van der Waals surface area contributed by atoms with Gasteiger partial charge in [0.1, 0.15) is 0 Å². The van der Waals surface area contributed by atoms with E-state index in [2.05, 4.69) is 4.98 Å². The number of nitrogens with zero attached hydrogens (tertiary/aromatic N) is 1. The van der Waals surface area contributed by atoms with Gasteiger partial charge in [0.2, 0.25) is 0 Å². The lowest BCUT2D eigenvalue weighted by Gasteiger charge is -2.27. The Morgan fingerprint density at radius 1 is 1.64 bits per heavy atom. The number of hydrogen-bond donors (Lipinski definition) is 2. The zero-order valence-corrected chi connectivity index (χ0v) is 8.40. The van der Waals surface area contributed by atoms with Gasteiger partial charge in [0.15, 0.2) is 0 Å². The van der Waals surface area contributed by atoms with Crippen molar-refractivity contribution in [3.05, 3.63) is 30.1 Å². The van der Waals surface area contributed by atoms with Crippen molar-refractivity contribution in [3.8, 4) is 0 Å². The number of nitrogens with one attached hydrogen (secondary N) is 1. The molecule has 0 fully saturated rings. The van der Waals surface area contributed by atoms with E-state index in [1.54, 1.807) is 12.4 Å². The van der Waals surface area contributed by atoms with Crippen molar-refractivity contribution in [2.24, 2.45) is 0 Å². The molecule has 0 saturated heterocycles. The van der Waals surface area contributed by atoms with Gasteiger partial charge in [-0.05, 0) is 30.7 Å². The first-order chi connectivity index (χ1) is 6.73. The second kappa shape index (κ2) is 4.86. The first-order valence-electron chi connectivity index (χ1n) is 4.73. The summed E-state index contributed by atoms with van der Waals surface area (Å²) in [5.74, 6) is 0. The van der Waals surface area contributed by atoms with Crippen LogP contribution < -0.4 is 0 Å². The van der Waals surface area contributed by atoms with Crippen molar-refractivity contribution in [1.29, 1.82) is 5.41 Å². The largest absolute Gasteiger partial charge is 0.396 e. The summed E-state index contributed by atoms with van der Waals surface area (Å²) < 4.78 is 0. The molecule has 1 atom stereocenters. The van der Waals surface area contributed by atoms with Gasteiger partial charge in [-0.25, -0.2) is 0 Å². The highest BCUT2D eigenvalue weighted by atomic mass is 16.3. The van der Waals surface area contributed by atoms with Crippen molar-refractivity contribution < 1.29 is 5.11 Å². The Bertz CT molecular complexity index is 287. The van der Waals surface area contributed by atoms with Crippen LogP contribution in [0.25, 0.3) is 0 Å². The molecule has 0 amide bonds. The van der Waals surface area contributed by atoms with Crippen molar-refractivity contribution >= 4 is 6.21 Å². The smallest absolute Gasteiger partial charge is 0.0439 e. The summed E-state index contributed by atoms with van der Waals surface area (Å²) in [6, 6.07) is 3.88. The number of aliphatic hydroxyl groups is 1. The van der Waals surface area contributed by atoms with Crippen LogP contribution in [0.2, 0.25) is 0 Å². The molecule has 1 aromatic rings. The molecule has 1 unspecified atom stereocenters. The average Bonchev–Trinajstić information content (AvgIpc) is 2.20. The molecule has 0 bridgehead atoms. The minimum Gasteiger partial charge on any atom is -0.396 e. The number of pyridine rings is 1. The van der Waals surface area contributed by atoms with Crippen LogP contribution in [-0.2, 0) is 5.41 Å². The van der Waals surface area contributed by atoms with Crippen LogP contribution >= 0.6 is 0 Å². The molecule has 2 N–H and O–H groups in total. The van der Waals surface area contributed by atoms with Crippen LogP contribution in [0.4, 0.5) is 0 Å². The maximum Gasteiger partial charge on any atom is 0.0439 e. The third kappa shape index (κ3) is 2.39. The van der Waals surface area contributed by atoms with Gasteiger partial charge in [0, 0.05) is 24.4 Å². The summed E-state index contributed by atoms with van der Waals surface area (Å²) >= 11 is 0. The lowest BCUT2D eigenvalue weighted by Crippen LogP contribution is -2.24. The molecular formula is C11H16N2O. The van der Waals surface area contributed by atoms with E-state index in [1.807, 2.05) is 19.1 Å². The van der Waals surface area contributed by atoms with Gasteiger partial charge in [-0.2, -0.15) is 0 Å². The van der Waals surface area contributed by atoms with Crippen molar-refractivity contribution in [2.75, 3.05) is 6.61 Å². The number of aromatic nitrogens is 1. The molecule has 0 aromatic carbocycles. The average molecular weight is 192 g/mol. The fourth-order valence-electron chi connectivity index (χ4n) is 1.56. The second-order valence-corrected chi connectivity index (χ2v) is 3.68. The number of rotatable bonds is 5. The van der Waals surface area contributed by atoms with Gasteiger partial charge in [0.25, 0.3) is 0 Å². The summed E-state index contributed by atoms with van der Waals surface area (Å²) in [5.41, 5.74) is 0.919. The summed E-state index contributed by atoms with van der Waals surface area (Å²) in [4.78, 5) is 4.06. The third-order valence-electron chi connectivity index (χ3n) is 2.57. The molecule has 0 spiro atoms. The Hall–Kier alpha value is -1.22. The molecule has 0 aliphatic rings. The van der Waals surface area contributed by atoms with Crippen LogP contribution in [0.3, 0.4) is 0 Å². The van der Waals surface area contributed by atoms with Crippen LogP contribution in [0.1, 0.15) is 25.3 Å². The first kappa shape index (κ1) is 10.9. The second-order valence-electron chi connectivity index (χ2n) is 3.68. The molecule has 14 heavy (non-hydrogen) atoms. The van der Waals surface area contributed by atoms with E-state index in [1.165, 1.54) is 6.21 Å². The zero-order chi connectivity index (χ0) is 10.4. The van der Waals surface area contributed by atoms with Crippen molar-refractivity contribution in [3.63, 3.8) is 0 Å². The Labute approximate surface area is 84.3 Å². The van der Waals surface area contributed by atoms with E-state index < -0.39 is 0 Å². The highest BCUT2D eigenvalue weighted by Gasteiger charge is 2.24. The Morgan fingerprint density at radius 2 is 2.43 bits per heavy atom. The highest BCUT2D eigenvalue weighted by molar-refractivity contribution is 5.56. The SMILES string of the molecule is CC(CC=N)(CCO)c1cccnc1. The predicted molar refractivity (Wildman–Crippen MR) is 56.7 cm³/mol. The van der Waals surface area contributed by atoms with Gasteiger partial charge in [-0.1, -0.05) is 13.0 Å². The summed E-state index contributed by atoms with van der Waals surface area (Å²) in [6.07, 6.45) is 6.22. The van der Waals surface area contributed by atoms with E-state index in [0.29, 0.717) is 12.8 Å².